The van der Waals surface area contributed by atoms with Crippen molar-refractivity contribution in [1.29, 1.82) is 0 Å². The third kappa shape index (κ3) is 3.33. The summed E-state index contributed by atoms with van der Waals surface area (Å²) in [7, 11) is 0. The molecule has 2 amide bonds. The molecule has 2 aliphatic rings. The van der Waals surface area contributed by atoms with Crippen molar-refractivity contribution in [1.82, 2.24) is 19.4 Å². The average molecular weight is 350 g/mol. The van der Waals surface area contributed by atoms with Gasteiger partial charge in [-0.2, -0.15) is 0 Å². The van der Waals surface area contributed by atoms with Crippen LogP contribution in [-0.2, 0) is 16.0 Å². The summed E-state index contributed by atoms with van der Waals surface area (Å²) >= 11 is 1.54. The lowest BCUT2D eigenvalue weighted by Crippen LogP contribution is -2.50. The Morgan fingerprint density at radius 2 is 1.92 bits per heavy atom. The van der Waals surface area contributed by atoms with Gasteiger partial charge < -0.3 is 9.80 Å². The third-order valence-corrected chi connectivity index (χ3v) is 5.69. The molecule has 1 aromatic rings. The van der Waals surface area contributed by atoms with Crippen LogP contribution < -0.4 is 5.56 Å². The number of rotatable bonds is 3. The molecule has 3 heterocycles. The minimum Gasteiger partial charge on any atom is -0.339 e. The van der Waals surface area contributed by atoms with Crippen molar-refractivity contribution in [2.75, 3.05) is 31.9 Å². The molecule has 0 aromatic carbocycles. The van der Waals surface area contributed by atoms with Crippen LogP contribution in [0.3, 0.4) is 0 Å². The topological polar surface area (TPSA) is 75.5 Å². The Kier molecular flexibility index (Phi) is 4.93. The summed E-state index contributed by atoms with van der Waals surface area (Å²) in [4.78, 5) is 44.3. The van der Waals surface area contributed by atoms with Crippen LogP contribution in [0.15, 0.2) is 16.0 Å². The molecule has 0 radical (unpaired) electrons. The Hall–Kier alpha value is -1.83. The smallest absolute Gasteiger partial charge is 0.254 e. The number of thioether (sulfide) groups is 1. The fraction of sp³-hybridized carbons (Fsp3) is 0.625. The van der Waals surface area contributed by atoms with E-state index in [9.17, 15) is 14.4 Å². The zero-order valence-electron chi connectivity index (χ0n) is 14.0. The van der Waals surface area contributed by atoms with Gasteiger partial charge >= 0.3 is 0 Å². The Labute approximate surface area is 145 Å². The van der Waals surface area contributed by atoms with E-state index in [4.69, 9.17) is 0 Å². The quantitative estimate of drug-likeness (QED) is 0.744. The zero-order valence-corrected chi connectivity index (χ0v) is 14.8. The Bertz CT molecular complexity index is 710. The van der Waals surface area contributed by atoms with Crippen molar-refractivity contribution in [2.45, 2.75) is 37.9 Å². The summed E-state index contributed by atoms with van der Waals surface area (Å²) in [6, 6.07) is 1.44. The maximum Gasteiger partial charge on any atom is 0.254 e. The second kappa shape index (κ2) is 6.96. The number of piperazine rings is 1. The number of aryl methyl sites for hydroxylation is 1. The van der Waals surface area contributed by atoms with E-state index in [1.807, 2.05) is 6.92 Å². The molecule has 8 heteroatoms. The van der Waals surface area contributed by atoms with Gasteiger partial charge in [0, 0.05) is 57.0 Å². The van der Waals surface area contributed by atoms with Gasteiger partial charge in [0.15, 0.2) is 5.16 Å². The number of amides is 2. The van der Waals surface area contributed by atoms with Gasteiger partial charge in [-0.1, -0.05) is 18.7 Å². The van der Waals surface area contributed by atoms with Crippen LogP contribution in [0.1, 0.15) is 32.0 Å². The second-order valence-corrected chi connectivity index (χ2v) is 7.13. The highest BCUT2D eigenvalue weighted by atomic mass is 32.2. The molecule has 1 unspecified atom stereocenters. The highest BCUT2D eigenvalue weighted by Crippen LogP contribution is 2.32. The van der Waals surface area contributed by atoms with E-state index in [2.05, 4.69) is 4.98 Å². The van der Waals surface area contributed by atoms with Crippen LogP contribution in [-0.4, -0.2) is 63.1 Å². The van der Waals surface area contributed by atoms with Crippen LogP contribution >= 0.6 is 11.8 Å². The van der Waals surface area contributed by atoms with Gasteiger partial charge in [-0.15, -0.1) is 0 Å². The van der Waals surface area contributed by atoms with Crippen LogP contribution in [0.2, 0.25) is 0 Å². The molecular weight excluding hydrogens is 328 g/mol. The van der Waals surface area contributed by atoms with E-state index >= 15 is 0 Å². The van der Waals surface area contributed by atoms with E-state index in [1.165, 1.54) is 0 Å². The maximum absolute atomic E-state index is 12.6. The van der Waals surface area contributed by atoms with Gasteiger partial charge in [0.1, 0.15) is 0 Å². The molecule has 0 N–H and O–H groups in total. The molecule has 0 saturated carbocycles. The number of carbonyl (C=O) groups excluding carboxylic acids is 2. The van der Waals surface area contributed by atoms with Gasteiger partial charge in [-0.3, -0.25) is 19.0 Å². The molecule has 24 heavy (non-hydrogen) atoms. The van der Waals surface area contributed by atoms with Crippen LogP contribution in [0.4, 0.5) is 0 Å². The van der Waals surface area contributed by atoms with E-state index in [0.29, 0.717) is 38.4 Å². The number of hydrogen-bond acceptors (Lipinski definition) is 5. The summed E-state index contributed by atoms with van der Waals surface area (Å²) in [5.41, 5.74) is 0.729. The molecule has 1 atom stereocenters. The molecular formula is C16H22N4O3S. The zero-order chi connectivity index (χ0) is 17.3. The number of fused-ring (bicyclic) bond motifs is 1. The van der Waals surface area contributed by atoms with Gasteiger partial charge in [-0.05, 0) is 6.42 Å². The van der Waals surface area contributed by atoms with E-state index in [1.54, 1.807) is 39.1 Å². The molecule has 1 saturated heterocycles. The first-order chi connectivity index (χ1) is 11.5. The summed E-state index contributed by atoms with van der Waals surface area (Å²) in [6.45, 7) is 5.81. The predicted molar refractivity (Wildman–Crippen MR) is 91.1 cm³/mol. The molecule has 2 aliphatic heterocycles. The molecule has 0 bridgehead atoms. The third-order valence-electron chi connectivity index (χ3n) is 4.59. The maximum atomic E-state index is 12.6. The normalized spacial score (nSPS) is 20.2. The fourth-order valence-electron chi connectivity index (χ4n) is 3.13. The van der Waals surface area contributed by atoms with Crippen LogP contribution in [0.5, 0.6) is 0 Å². The summed E-state index contributed by atoms with van der Waals surface area (Å²) in [6.07, 6.45) is 1.04. The highest BCUT2D eigenvalue weighted by Gasteiger charge is 2.30. The monoisotopic (exact) mass is 350 g/mol. The second-order valence-electron chi connectivity index (χ2n) is 6.15. The van der Waals surface area contributed by atoms with Crippen molar-refractivity contribution in [3.8, 4) is 0 Å². The summed E-state index contributed by atoms with van der Waals surface area (Å²) in [5.74, 6) is 0.796. The van der Waals surface area contributed by atoms with Gasteiger partial charge in [-0.25, -0.2) is 4.98 Å². The van der Waals surface area contributed by atoms with Crippen LogP contribution in [0.25, 0.3) is 0 Å². The molecule has 1 fully saturated rings. The Morgan fingerprint density at radius 1 is 1.25 bits per heavy atom. The SMILES string of the molecule is CCc1cc(=O)n2c(n1)SCC2CC(=O)N1CCN(C(C)=O)CC1. The number of aromatic nitrogens is 2. The minimum atomic E-state index is -0.130. The first-order valence-corrected chi connectivity index (χ1v) is 9.26. The largest absolute Gasteiger partial charge is 0.339 e. The Balaban J connectivity index is 1.66. The van der Waals surface area contributed by atoms with Gasteiger partial charge in [0.2, 0.25) is 11.8 Å². The highest BCUT2D eigenvalue weighted by molar-refractivity contribution is 7.99. The lowest BCUT2D eigenvalue weighted by molar-refractivity contribution is -0.138. The Morgan fingerprint density at radius 3 is 2.54 bits per heavy atom. The average Bonchev–Trinajstić information content (AvgIpc) is 2.98. The first kappa shape index (κ1) is 17.0. The van der Waals surface area contributed by atoms with Crippen molar-refractivity contribution >= 4 is 23.6 Å². The first-order valence-electron chi connectivity index (χ1n) is 8.28. The molecule has 1 aromatic heterocycles. The molecule has 7 nitrogen and oxygen atoms in total. The van der Waals surface area contributed by atoms with E-state index < -0.39 is 0 Å². The molecule has 0 spiro atoms. The van der Waals surface area contributed by atoms with Gasteiger partial charge in [0.25, 0.3) is 5.56 Å². The fourth-order valence-corrected chi connectivity index (χ4v) is 4.30. The molecule has 0 aliphatic carbocycles. The van der Waals surface area contributed by atoms with Crippen molar-refractivity contribution < 1.29 is 9.59 Å². The lowest BCUT2D eigenvalue weighted by Gasteiger charge is -2.34. The van der Waals surface area contributed by atoms with Crippen molar-refractivity contribution in [3.63, 3.8) is 0 Å². The number of hydrogen-bond donors (Lipinski definition) is 0. The minimum absolute atomic E-state index is 0.0446. The lowest BCUT2D eigenvalue weighted by atomic mass is 10.2. The summed E-state index contributed by atoms with van der Waals surface area (Å²) < 4.78 is 1.66. The van der Waals surface area contributed by atoms with E-state index in [-0.39, 0.29) is 23.4 Å². The predicted octanol–water partition coefficient (Wildman–Crippen LogP) is 0.533. The molecule has 3 rings (SSSR count). The number of nitrogens with zero attached hydrogens (tertiary/aromatic N) is 4. The van der Waals surface area contributed by atoms with Crippen LogP contribution in [0, 0.1) is 0 Å². The standard InChI is InChI=1S/C16H22N4O3S/c1-3-12-8-15(23)20-13(10-24-16(20)17-12)9-14(22)19-6-4-18(5-7-19)11(2)21/h8,13H,3-7,9-10H2,1-2H3. The molecule has 130 valence electrons. The van der Waals surface area contributed by atoms with Gasteiger partial charge in [0.05, 0.1) is 6.04 Å². The van der Waals surface area contributed by atoms with E-state index in [0.717, 1.165) is 17.3 Å². The number of carbonyl (C=O) groups is 2. The van der Waals surface area contributed by atoms with Crippen molar-refractivity contribution in [2.24, 2.45) is 0 Å². The van der Waals surface area contributed by atoms with Crippen molar-refractivity contribution in [3.05, 3.63) is 22.1 Å². The summed E-state index contributed by atoms with van der Waals surface area (Å²) in [5, 5.41) is 0.721.